The third-order valence-corrected chi connectivity index (χ3v) is 5.35. The number of nitro groups is 1. The predicted molar refractivity (Wildman–Crippen MR) is 116 cm³/mol. The zero-order valence-corrected chi connectivity index (χ0v) is 17.6. The van der Waals surface area contributed by atoms with Crippen molar-refractivity contribution in [3.63, 3.8) is 0 Å². The second-order valence-corrected chi connectivity index (χ2v) is 7.54. The first-order valence-electron chi connectivity index (χ1n) is 9.27. The molecule has 1 heterocycles. The Kier molecular flexibility index (Phi) is 6.98. The number of aromatic nitrogens is 3. The zero-order chi connectivity index (χ0) is 22.4. The molecule has 2 aromatic carbocycles. The van der Waals surface area contributed by atoms with Crippen molar-refractivity contribution >= 4 is 35.0 Å². The number of anilines is 1. The summed E-state index contributed by atoms with van der Waals surface area (Å²) in [5, 5.41) is 25.0. The molecule has 0 unspecified atom stereocenters. The van der Waals surface area contributed by atoms with Gasteiger partial charge in [0, 0.05) is 30.4 Å². The van der Waals surface area contributed by atoms with Crippen LogP contribution < -0.4 is 10.6 Å². The maximum Gasteiger partial charge on any atom is 0.269 e. The molecule has 0 aliphatic carbocycles. The van der Waals surface area contributed by atoms with E-state index in [1.54, 1.807) is 42.8 Å². The number of rotatable bonds is 8. The van der Waals surface area contributed by atoms with Crippen molar-refractivity contribution in [2.45, 2.75) is 18.1 Å². The fraction of sp³-hybridized carbons (Fsp3) is 0.200. The van der Waals surface area contributed by atoms with Gasteiger partial charge in [-0.2, -0.15) is 0 Å². The normalized spacial score (nSPS) is 11.5. The Morgan fingerprint density at radius 2 is 1.81 bits per heavy atom. The smallest absolute Gasteiger partial charge is 0.269 e. The minimum Gasteiger partial charge on any atom is -0.342 e. The SMILES string of the molecule is C[C@H](NC(=O)c1ccccc1)c1nnc(SCC(=O)Nc2ccc([N+](=O)[O-])cc2)n1C. The average Bonchev–Trinajstić information content (AvgIpc) is 3.13. The first-order valence-corrected chi connectivity index (χ1v) is 10.3. The van der Waals surface area contributed by atoms with Crippen LogP contribution in [0.2, 0.25) is 0 Å². The van der Waals surface area contributed by atoms with Crippen LogP contribution in [0.4, 0.5) is 11.4 Å². The average molecular weight is 440 g/mol. The molecule has 2 amide bonds. The maximum atomic E-state index is 12.3. The molecule has 0 bridgehead atoms. The van der Waals surface area contributed by atoms with E-state index in [1.807, 2.05) is 6.07 Å². The molecule has 0 spiro atoms. The van der Waals surface area contributed by atoms with Crippen LogP contribution in [0.25, 0.3) is 0 Å². The molecule has 160 valence electrons. The van der Waals surface area contributed by atoms with E-state index in [9.17, 15) is 19.7 Å². The third-order valence-electron chi connectivity index (χ3n) is 4.33. The standard InChI is InChI=1S/C20H20N6O4S/c1-13(21-19(28)14-6-4-3-5-7-14)18-23-24-20(25(18)2)31-12-17(27)22-15-8-10-16(11-9-15)26(29)30/h3-11,13H,12H2,1-2H3,(H,21,28)(H,22,27)/t13-/m0/s1. The van der Waals surface area contributed by atoms with Gasteiger partial charge in [0.1, 0.15) is 0 Å². The number of nitrogens with zero attached hydrogens (tertiary/aromatic N) is 4. The fourth-order valence-corrected chi connectivity index (χ4v) is 3.47. The van der Waals surface area contributed by atoms with Gasteiger partial charge < -0.3 is 15.2 Å². The zero-order valence-electron chi connectivity index (χ0n) is 16.8. The summed E-state index contributed by atoms with van der Waals surface area (Å²) in [5.41, 5.74) is 0.966. The van der Waals surface area contributed by atoms with E-state index in [0.717, 1.165) is 0 Å². The minimum absolute atomic E-state index is 0.0486. The highest BCUT2D eigenvalue weighted by molar-refractivity contribution is 7.99. The largest absolute Gasteiger partial charge is 0.342 e. The summed E-state index contributed by atoms with van der Waals surface area (Å²) in [6.45, 7) is 1.81. The van der Waals surface area contributed by atoms with Crippen molar-refractivity contribution < 1.29 is 14.5 Å². The van der Waals surface area contributed by atoms with Crippen LogP contribution in [-0.4, -0.2) is 37.3 Å². The Labute approximate surface area is 182 Å². The van der Waals surface area contributed by atoms with E-state index >= 15 is 0 Å². The van der Waals surface area contributed by atoms with E-state index in [2.05, 4.69) is 20.8 Å². The van der Waals surface area contributed by atoms with Gasteiger partial charge in [0.15, 0.2) is 11.0 Å². The van der Waals surface area contributed by atoms with Gasteiger partial charge in [0.2, 0.25) is 5.91 Å². The van der Waals surface area contributed by atoms with E-state index in [-0.39, 0.29) is 29.3 Å². The highest BCUT2D eigenvalue weighted by Crippen LogP contribution is 2.20. The molecular formula is C20H20N6O4S. The summed E-state index contributed by atoms with van der Waals surface area (Å²) in [7, 11) is 1.76. The summed E-state index contributed by atoms with van der Waals surface area (Å²) in [5.74, 6) is 0.137. The summed E-state index contributed by atoms with van der Waals surface area (Å²) < 4.78 is 1.72. The Hall–Kier alpha value is -3.73. The van der Waals surface area contributed by atoms with Crippen LogP contribution in [0.3, 0.4) is 0 Å². The van der Waals surface area contributed by atoms with Crippen molar-refractivity contribution in [3.8, 4) is 0 Å². The molecule has 0 aliphatic heterocycles. The van der Waals surface area contributed by atoms with Crippen LogP contribution in [0.15, 0.2) is 59.8 Å². The number of nitro benzene ring substituents is 1. The molecule has 0 saturated carbocycles. The molecule has 31 heavy (non-hydrogen) atoms. The van der Waals surface area contributed by atoms with Gasteiger partial charge in [0.05, 0.1) is 16.7 Å². The molecule has 1 atom stereocenters. The first-order chi connectivity index (χ1) is 14.8. The molecular weight excluding hydrogens is 420 g/mol. The van der Waals surface area contributed by atoms with Crippen LogP contribution in [0, 0.1) is 10.1 Å². The topological polar surface area (TPSA) is 132 Å². The number of carbonyl (C=O) groups is 2. The summed E-state index contributed by atoms with van der Waals surface area (Å²) in [4.78, 5) is 34.7. The number of benzene rings is 2. The van der Waals surface area contributed by atoms with Crippen molar-refractivity contribution in [2.24, 2.45) is 7.05 Å². The lowest BCUT2D eigenvalue weighted by Crippen LogP contribution is -2.28. The molecule has 3 rings (SSSR count). The predicted octanol–water partition coefficient (Wildman–Crippen LogP) is 2.95. The Morgan fingerprint density at radius 3 is 2.45 bits per heavy atom. The molecule has 0 fully saturated rings. The van der Waals surface area contributed by atoms with E-state index < -0.39 is 4.92 Å². The molecule has 1 aromatic heterocycles. The number of non-ortho nitro benzene ring substituents is 1. The molecule has 2 N–H and O–H groups in total. The molecule has 11 heteroatoms. The van der Waals surface area contributed by atoms with E-state index in [0.29, 0.717) is 22.2 Å². The molecule has 3 aromatic rings. The van der Waals surface area contributed by atoms with Crippen molar-refractivity contribution in [3.05, 3.63) is 76.1 Å². The minimum atomic E-state index is -0.504. The summed E-state index contributed by atoms with van der Waals surface area (Å²) >= 11 is 1.19. The third kappa shape index (κ3) is 5.66. The van der Waals surface area contributed by atoms with E-state index in [1.165, 1.54) is 36.0 Å². The van der Waals surface area contributed by atoms with E-state index in [4.69, 9.17) is 0 Å². The van der Waals surface area contributed by atoms with Gasteiger partial charge in [-0.15, -0.1) is 10.2 Å². The highest BCUT2D eigenvalue weighted by atomic mass is 32.2. The van der Waals surface area contributed by atoms with Gasteiger partial charge in [0.25, 0.3) is 11.6 Å². The monoisotopic (exact) mass is 440 g/mol. The van der Waals surface area contributed by atoms with Gasteiger partial charge >= 0.3 is 0 Å². The van der Waals surface area contributed by atoms with Gasteiger partial charge in [-0.25, -0.2) is 0 Å². The van der Waals surface area contributed by atoms with Crippen molar-refractivity contribution in [2.75, 3.05) is 11.1 Å². The Bertz CT molecular complexity index is 1080. The molecule has 0 radical (unpaired) electrons. The number of nitrogens with one attached hydrogen (secondary N) is 2. The van der Waals surface area contributed by atoms with Gasteiger partial charge in [-0.3, -0.25) is 19.7 Å². The second-order valence-electron chi connectivity index (χ2n) is 6.60. The second kappa shape index (κ2) is 9.85. The lowest BCUT2D eigenvalue weighted by molar-refractivity contribution is -0.384. The van der Waals surface area contributed by atoms with Crippen LogP contribution in [0.1, 0.15) is 29.1 Å². The number of thioether (sulfide) groups is 1. The highest BCUT2D eigenvalue weighted by Gasteiger charge is 2.19. The maximum absolute atomic E-state index is 12.3. The van der Waals surface area contributed by atoms with Crippen LogP contribution in [0.5, 0.6) is 0 Å². The lowest BCUT2D eigenvalue weighted by Gasteiger charge is -2.13. The Morgan fingerprint density at radius 1 is 1.13 bits per heavy atom. The number of hydrogen-bond acceptors (Lipinski definition) is 7. The van der Waals surface area contributed by atoms with Crippen LogP contribution in [-0.2, 0) is 11.8 Å². The number of amides is 2. The van der Waals surface area contributed by atoms with Gasteiger partial charge in [-0.1, -0.05) is 30.0 Å². The van der Waals surface area contributed by atoms with Gasteiger partial charge in [-0.05, 0) is 31.2 Å². The fourth-order valence-electron chi connectivity index (χ4n) is 2.76. The summed E-state index contributed by atoms with van der Waals surface area (Å²) in [6, 6.07) is 14.1. The molecule has 0 aliphatic rings. The quantitative estimate of drug-likeness (QED) is 0.313. The molecule has 0 saturated heterocycles. The van der Waals surface area contributed by atoms with Crippen molar-refractivity contribution in [1.82, 2.24) is 20.1 Å². The first kappa shape index (κ1) is 22.0. The lowest BCUT2D eigenvalue weighted by atomic mass is 10.2. The number of hydrogen-bond donors (Lipinski definition) is 2. The Balaban J connectivity index is 1.55. The number of carbonyl (C=O) groups excluding carboxylic acids is 2. The summed E-state index contributed by atoms with van der Waals surface area (Å²) in [6.07, 6.45) is 0. The van der Waals surface area contributed by atoms with Crippen LogP contribution >= 0.6 is 11.8 Å². The van der Waals surface area contributed by atoms with Crippen molar-refractivity contribution in [1.29, 1.82) is 0 Å². The molecule has 10 nitrogen and oxygen atoms in total.